The molecule has 0 spiro atoms. The van der Waals surface area contributed by atoms with Gasteiger partial charge in [-0.05, 0) is 31.1 Å². The number of rotatable bonds is 3. The van der Waals surface area contributed by atoms with Gasteiger partial charge in [0.2, 0.25) is 0 Å². The Balaban J connectivity index is 1.73. The Morgan fingerprint density at radius 1 is 0.750 bits per heavy atom. The fourth-order valence-corrected chi connectivity index (χ4v) is 3.74. The Morgan fingerprint density at radius 3 is 1.88 bits per heavy atom. The van der Waals surface area contributed by atoms with Gasteiger partial charge in [-0.15, -0.1) is 0 Å². The van der Waals surface area contributed by atoms with Gasteiger partial charge in [0.25, 0.3) is 0 Å². The largest absolute Gasteiger partial charge is 0.327 e. The zero-order chi connectivity index (χ0) is 11.2. The van der Waals surface area contributed by atoms with Crippen LogP contribution in [-0.4, -0.2) is 6.04 Å². The molecular formula is C15H29N. The summed E-state index contributed by atoms with van der Waals surface area (Å²) in [7, 11) is 0. The van der Waals surface area contributed by atoms with Crippen LogP contribution >= 0.6 is 0 Å². The molecule has 1 heteroatoms. The minimum absolute atomic E-state index is 0.517. The first-order chi connectivity index (χ1) is 7.86. The van der Waals surface area contributed by atoms with E-state index in [0.717, 1.165) is 11.8 Å². The lowest BCUT2D eigenvalue weighted by Gasteiger charge is -2.30. The fraction of sp³-hybridized carbons (Fsp3) is 1.00. The van der Waals surface area contributed by atoms with Crippen molar-refractivity contribution in [2.45, 2.75) is 83.1 Å². The second kappa shape index (κ2) is 6.64. The van der Waals surface area contributed by atoms with Gasteiger partial charge in [-0.1, -0.05) is 57.8 Å². The second-order valence-corrected chi connectivity index (χ2v) is 6.16. The predicted molar refractivity (Wildman–Crippen MR) is 70.4 cm³/mol. The maximum absolute atomic E-state index is 6.43. The lowest BCUT2D eigenvalue weighted by Crippen LogP contribution is -2.33. The van der Waals surface area contributed by atoms with Crippen LogP contribution in [0.15, 0.2) is 0 Å². The molecule has 2 N–H and O–H groups in total. The summed E-state index contributed by atoms with van der Waals surface area (Å²) >= 11 is 0. The lowest BCUT2D eigenvalue weighted by atomic mass is 9.79. The molecule has 2 fully saturated rings. The van der Waals surface area contributed by atoms with E-state index in [4.69, 9.17) is 5.73 Å². The molecule has 0 aromatic rings. The van der Waals surface area contributed by atoms with Crippen molar-refractivity contribution in [3.05, 3.63) is 0 Å². The molecule has 0 aromatic heterocycles. The summed E-state index contributed by atoms with van der Waals surface area (Å²) in [5.74, 6) is 1.82. The highest BCUT2D eigenvalue weighted by atomic mass is 14.7. The van der Waals surface area contributed by atoms with Gasteiger partial charge in [-0.2, -0.15) is 0 Å². The van der Waals surface area contributed by atoms with E-state index in [9.17, 15) is 0 Å². The molecule has 2 saturated carbocycles. The van der Waals surface area contributed by atoms with Crippen LogP contribution in [0.5, 0.6) is 0 Å². The molecule has 2 rings (SSSR count). The molecule has 0 radical (unpaired) electrons. The van der Waals surface area contributed by atoms with E-state index in [-0.39, 0.29) is 0 Å². The molecular weight excluding hydrogens is 194 g/mol. The van der Waals surface area contributed by atoms with Crippen molar-refractivity contribution in [1.29, 1.82) is 0 Å². The molecule has 0 amide bonds. The van der Waals surface area contributed by atoms with Crippen LogP contribution in [0.4, 0.5) is 0 Å². The minimum Gasteiger partial charge on any atom is -0.327 e. The standard InChI is InChI=1S/C15H29N/c16-15(14-10-6-3-7-11-14)12-13-8-4-1-2-5-9-13/h13-15H,1-12,16H2. The molecule has 16 heavy (non-hydrogen) atoms. The van der Waals surface area contributed by atoms with Crippen molar-refractivity contribution in [3.63, 3.8) is 0 Å². The topological polar surface area (TPSA) is 26.0 Å². The first-order valence-electron chi connectivity index (χ1n) is 7.62. The van der Waals surface area contributed by atoms with Gasteiger partial charge in [-0.3, -0.25) is 0 Å². The summed E-state index contributed by atoms with van der Waals surface area (Å²) in [6.07, 6.45) is 17.2. The van der Waals surface area contributed by atoms with Crippen molar-refractivity contribution in [2.75, 3.05) is 0 Å². The van der Waals surface area contributed by atoms with Gasteiger partial charge in [-0.25, -0.2) is 0 Å². The van der Waals surface area contributed by atoms with Gasteiger partial charge in [0.05, 0.1) is 0 Å². The fourth-order valence-electron chi connectivity index (χ4n) is 3.74. The van der Waals surface area contributed by atoms with Crippen LogP contribution in [-0.2, 0) is 0 Å². The van der Waals surface area contributed by atoms with Crippen LogP contribution in [0.2, 0.25) is 0 Å². The van der Waals surface area contributed by atoms with E-state index in [1.165, 1.54) is 77.0 Å². The van der Waals surface area contributed by atoms with Crippen LogP contribution < -0.4 is 5.73 Å². The van der Waals surface area contributed by atoms with E-state index in [1.807, 2.05) is 0 Å². The maximum atomic E-state index is 6.43. The van der Waals surface area contributed by atoms with Crippen molar-refractivity contribution < 1.29 is 0 Å². The SMILES string of the molecule is NC(CC1CCCCCC1)C1CCCCC1. The Morgan fingerprint density at radius 2 is 1.25 bits per heavy atom. The molecule has 94 valence electrons. The van der Waals surface area contributed by atoms with E-state index in [0.29, 0.717) is 6.04 Å². The Kier molecular flexibility index (Phi) is 5.15. The zero-order valence-electron chi connectivity index (χ0n) is 10.8. The van der Waals surface area contributed by atoms with Crippen molar-refractivity contribution in [1.82, 2.24) is 0 Å². The number of nitrogens with two attached hydrogens (primary N) is 1. The van der Waals surface area contributed by atoms with Crippen molar-refractivity contribution >= 4 is 0 Å². The molecule has 1 atom stereocenters. The minimum atomic E-state index is 0.517. The summed E-state index contributed by atoms with van der Waals surface area (Å²) < 4.78 is 0. The van der Waals surface area contributed by atoms with Crippen LogP contribution in [0.3, 0.4) is 0 Å². The van der Waals surface area contributed by atoms with E-state index in [2.05, 4.69) is 0 Å². The van der Waals surface area contributed by atoms with Crippen LogP contribution in [0, 0.1) is 11.8 Å². The summed E-state index contributed by atoms with van der Waals surface area (Å²) in [6.45, 7) is 0. The normalized spacial score (nSPS) is 27.6. The zero-order valence-corrected chi connectivity index (χ0v) is 10.8. The van der Waals surface area contributed by atoms with Crippen LogP contribution in [0.1, 0.15) is 77.0 Å². The number of hydrogen-bond acceptors (Lipinski definition) is 1. The van der Waals surface area contributed by atoms with E-state index < -0.39 is 0 Å². The smallest absolute Gasteiger partial charge is 0.00697 e. The quantitative estimate of drug-likeness (QED) is 0.711. The second-order valence-electron chi connectivity index (χ2n) is 6.16. The summed E-state index contributed by atoms with van der Waals surface area (Å²) in [5, 5.41) is 0. The molecule has 2 aliphatic rings. The van der Waals surface area contributed by atoms with Gasteiger partial charge in [0.1, 0.15) is 0 Å². The van der Waals surface area contributed by atoms with E-state index in [1.54, 1.807) is 0 Å². The van der Waals surface area contributed by atoms with Crippen LogP contribution in [0.25, 0.3) is 0 Å². The maximum Gasteiger partial charge on any atom is 0.00697 e. The third kappa shape index (κ3) is 3.76. The number of hydrogen-bond donors (Lipinski definition) is 1. The average molecular weight is 223 g/mol. The highest BCUT2D eigenvalue weighted by Gasteiger charge is 2.23. The molecule has 0 aromatic carbocycles. The first kappa shape index (κ1) is 12.4. The lowest BCUT2D eigenvalue weighted by molar-refractivity contribution is 0.260. The first-order valence-corrected chi connectivity index (χ1v) is 7.62. The third-order valence-electron chi connectivity index (χ3n) is 4.84. The summed E-state index contributed by atoms with van der Waals surface area (Å²) in [6, 6.07) is 0.517. The molecule has 0 aliphatic heterocycles. The van der Waals surface area contributed by atoms with Gasteiger partial charge >= 0.3 is 0 Å². The Hall–Kier alpha value is -0.0400. The molecule has 2 aliphatic carbocycles. The average Bonchev–Trinajstić information content (AvgIpc) is 2.59. The highest BCUT2D eigenvalue weighted by molar-refractivity contribution is 4.79. The molecule has 0 bridgehead atoms. The van der Waals surface area contributed by atoms with Gasteiger partial charge in [0.15, 0.2) is 0 Å². The Bertz CT molecular complexity index is 176. The van der Waals surface area contributed by atoms with Crippen molar-refractivity contribution in [2.24, 2.45) is 17.6 Å². The summed E-state index contributed by atoms with van der Waals surface area (Å²) in [4.78, 5) is 0. The van der Waals surface area contributed by atoms with E-state index >= 15 is 0 Å². The predicted octanol–water partition coefficient (Wildman–Crippen LogP) is 4.25. The molecule has 0 heterocycles. The molecule has 0 saturated heterocycles. The summed E-state index contributed by atoms with van der Waals surface area (Å²) in [5.41, 5.74) is 6.43. The monoisotopic (exact) mass is 223 g/mol. The van der Waals surface area contributed by atoms with Crippen molar-refractivity contribution in [3.8, 4) is 0 Å². The molecule has 1 unspecified atom stereocenters. The van der Waals surface area contributed by atoms with Gasteiger partial charge in [0, 0.05) is 6.04 Å². The third-order valence-corrected chi connectivity index (χ3v) is 4.84. The highest BCUT2D eigenvalue weighted by Crippen LogP contribution is 2.32. The van der Waals surface area contributed by atoms with Gasteiger partial charge < -0.3 is 5.73 Å². The Labute approximate surface area is 101 Å². The molecule has 1 nitrogen and oxygen atoms in total.